The van der Waals surface area contributed by atoms with E-state index in [9.17, 15) is 0 Å². The minimum Gasteiger partial charge on any atom is -0.380 e. The molecular formula is C15H17BrN2. The zero-order chi connectivity index (χ0) is 13.0. The molecule has 1 N–H and O–H groups in total. The molecule has 0 saturated heterocycles. The Morgan fingerprint density at radius 3 is 2.50 bits per heavy atom. The first-order valence-corrected chi connectivity index (χ1v) is 6.88. The Bertz CT molecular complexity index is 506. The lowest BCUT2D eigenvalue weighted by atomic mass is 10.0. The maximum absolute atomic E-state index is 4.04. The molecule has 18 heavy (non-hydrogen) atoms. The maximum atomic E-state index is 4.04. The molecule has 0 radical (unpaired) electrons. The molecule has 0 amide bonds. The Morgan fingerprint density at radius 2 is 1.89 bits per heavy atom. The van der Waals surface area contributed by atoms with Crippen LogP contribution in [-0.2, 0) is 6.54 Å². The number of rotatable bonds is 4. The number of halogens is 1. The number of benzene rings is 1. The highest BCUT2D eigenvalue weighted by Gasteiger charge is 2.00. The van der Waals surface area contributed by atoms with Gasteiger partial charge in [-0.3, -0.25) is 4.98 Å². The van der Waals surface area contributed by atoms with Crippen LogP contribution in [0.15, 0.2) is 47.2 Å². The summed E-state index contributed by atoms with van der Waals surface area (Å²) in [5, 5.41) is 3.39. The van der Waals surface area contributed by atoms with Gasteiger partial charge in [-0.2, -0.15) is 0 Å². The molecule has 0 saturated carbocycles. The smallest absolute Gasteiger partial charge is 0.0590 e. The van der Waals surface area contributed by atoms with Crippen molar-refractivity contribution in [2.45, 2.75) is 26.3 Å². The summed E-state index contributed by atoms with van der Waals surface area (Å²) in [6.45, 7) is 5.24. The lowest BCUT2D eigenvalue weighted by Gasteiger charge is -2.10. The van der Waals surface area contributed by atoms with Crippen molar-refractivity contribution < 1.29 is 0 Å². The number of anilines is 1. The van der Waals surface area contributed by atoms with E-state index in [0.717, 1.165) is 16.7 Å². The van der Waals surface area contributed by atoms with Gasteiger partial charge in [-0.05, 0) is 39.0 Å². The van der Waals surface area contributed by atoms with Gasteiger partial charge in [0.2, 0.25) is 0 Å². The van der Waals surface area contributed by atoms with E-state index >= 15 is 0 Å². The third kappa shape index (κ3) is 3.33. The minimum absolute atomic E-state index is 0.585. The molecule has 1 aromatic heterocycles. The first kappa shape index (κ1) is 13.1. The fourth-order valence-electron chi connectivity index (χ4n) is 1.74. The van der Waals surface area contributed by atoms with Gasteiger partial charge in [0.15, 0.2) is 0 Å². The van der Waals surface area contributed by atoms with Crippen LogP contribution >= 0.6 is 15.9 Å². The molecular weight excluding hydrogens is 288 g/mol. The van der Waals surface area contributed by atoms with Crippen molar-refractivity contribution >= 4 is 21.6 Å². The minimum atomic E-state index is 0.585. The van der Waals surface area contributed by atoms with Gasteiger partial charge in [-0.1, -0.05) is 38.1 Å². The summed E-state index contributed by atoms with van der Waals surface area (Å²) >= 11 is 3.48. The van der Waals surface area contributed by atoms with Crippen LogP contribution in [0.2, 0.25) is 0 Å². The molecule has 2 rings (SSSR count). The number of hydrogen-bond acceptors (Lipinski definition) is 2. The SMILES string of the molecule is CC(C)c1ccc(CNc2ccncc2Br)cc1. The van der Waals surface area contributed by atoms with Gasteiger partial charge in [-0.25, -0.2) is 0 Å². The van der Waals surface area contributed by atoms with Crippen molar-refractivity contribution in [1.29, 1.82) is 0 Å². The molecule has 0 aliphatic rings. The predicted molar refractivity (Wildman–Crippen MR) is 79.8 cm³/mol. The van der Waals surface area contributed by atoms with E-state index in [4.69, 9.17) is 0 Å². The second-order valence-electron chi connectivity index (χ2n) is 4.61. The molecule has 0 unspecified atom stereocenters. The van der Waals surface area contributed by atoms with E-state index in [1.54, 1.807) is 12.4 Å². The summed E-state index contributed by atoms with van der Waals surface area (Å²) in [6.07, 6.45) is 3.58. The first-order chi connectivity index (χ1) is 8.66. The van der Waals surface area contributed by atoms with E-state index in [2.05, 4.69) is 64.3 Å². The molecule has 0 bridgehead atoms. The Labute approximate surface area is 117 Å². The second-order valence-corrected chi connectivity index (χ2v) is 5.46. The molecule has 1 aromatic carbocycles. The number of hydrogen-bond donors (Lipinski definition) is 1. The van der Waals surface area contributed by atoms with Crippen molar-refractivity contribution in [2.75, 3.05) is 5.32 Å². The van der Waals surface area contributed by atoms with Crippen molar-refractivity contribution in [3.8, 4) is 0 Å². The normalized spacial score (nSPS) is 10.7. The van der Waals surface area contributed by atoms with Gasteiger partial charge in [0.1, 0.15) is 0 Å². The average Bonchev–Trinajstić information content (AvgIpc) is 2.38. The van der Waals surface area contributed by atoms with Crippen molar-refractivity contribution in [1.82, 2.24) is 4.98 Å². The second kappa shape index (κ2) is 6.01. The third-order valence-corrected chi connectivity index (χ3v) is 3.53. The Balaban J connectivity index is 2.00. The van der Waals surface area contributed by atoms with Crippen molar-refractivity contribution in [3.05, 3.63) is 58.3 Å². The van der Waals surface area contributed by atoms with Gasteiger partial charge in [-0.15, -0.1) is 0 Å². The highest BCUT2D eigenvalue weighted by molar-refractivity contribution is 9.10. The van der Waals surface area contributed by atoms with Crippen molar-refractivity contribution in [2.24, 2.45) is 0 Å². The van der Waals surface area contributed by atoms with E-state index in [0.29, 0.717) is 5.92 Å². The van der Waals surface area contributed by atoms with Gasteiger partial charge in [0, 0.05) is 18.9 Å². The van der Waals surface area contributed by atoms with Gasteiger partial charge < -0.3 is 5.32 Å². The molecule has 0 atom stereocenters. The zero-order valence-corrected chi connectivity index (χ0v) is 12.2. The van der Waals surface area contributed by atoms with E-state index in [1.165, 1.54) is 11.1 Å². The molecule has 1 heterocycles. The summed E-state index contributed by atoms with van der Waals surface area (Å²) in [4.78, 5) is 4.04. The lowest BCUT2D eigenvalue weighted by Crippen LogP contribution is -2.00. The number of nitrogens with one attached hydrogen (secondary N) is 1. The largest absolute Gasteiger partial charge is 0.380 e. The highest BCUT2D eigenvalue weighted by atomic mass is 79.9. The standard InChI is InChI=1S/C15H17BrN2/c1-11(2)13-5-3-12(4-6-13)9-18-15-7-8-17-10-14(15)16/h3-8,10-11H,9H2,1-2H3,(H,17,18). The van der Waals surface area contributed by atoms with Crippen LogP contribution in [-0.4, -0.2) is 4.98 Å². The summed E-state index contributed by atoms with van der Waals surface area (Å²) in [5.74, 6) is 0.585. The fourth-order valence-corrected chi connectivity index (χ4v) is 2.13. The molecule has 0 aliphatic carbocycles. The van der Waals surface area contributed by atoms with Crippen LogP contribution in [0.4, 0.5) is 5.69 Å². The number of aromatic nitrogens is 1. The van der Waals surface area contributed by atoms with E-state index < -0.39 is 0 Å². The number of pyridine rings is 1. The maximum Gasteiger partial charge on any atom is 0.0590 e. The van der Waals surface area contributed by atoms with Crippen LogP contribution in [0, 0.1) is 0 Å². The first-order valence-electron chi connectivity index (χ1n) is 6.09. The van der Waals surface area contributed by atoms with Crippen LogP contribution in [0.5, 0.6) is 0 Å². The third-order valence-electron chi connectivity index (χ3n) is 2.90. The monoisotopic (exact) mass is 304 g/mol. The lowest BCUT2D eigenvalue weighted by molar-refractivity contribution is 0.865. The average molecular weight is 305 g/mol. The summed E-state index contributed by atoms with van der Waals surface area (Å²) in [7, 11) is 0. The Morgan fingerprint density at radius 1 is 1.17 bits per heavy atom. The highest BCUT2D eigenvalue weighted by Crippen LogP contribution is 2.21. The molecule has 2 aromatic rings. The molecule has 0 spiro atoms. The molecule has 94 valence electrons. The van der Waals surface area contributed by atoms with Gasteiger partial charge in [0.25, 0.3) is 0 Å². The summed E-state index contributed by atoms with van der Waals surface area (Å²) < 4.78 is 0.990. The molecule has 2 nitrogen and oxygen atoms in total. The van der Waals surface area contributed by atoms with Crippen LogP contribution in [0.25, 0.3) is 0 Å². The van der Waals surface area contributed by atoms with E-state index in [1.807, 2.05) is 6.07 Å². The predicted octanol–water partition coefficient (Wildman–Crippen LogP) is 4.58. The summed E-state index contributed by atoms with van der Waals surface area (Å²) in [6, 6.07) is 10.7. The quantitative estimate of drug-likeness (QED) is 0.894. The fraction of sp³-hybridized carbons (Fsp3) is 0.267. The topological polar surface area (TPSA) is 24.9 Å². The molecule has 0 aliphatic heterocycles. The number of nitrogens with zero attached hydrogens (tertiary/aromatic N) is 1. The Kier molecular flexibility index (Phi) is 4.37. The molecule has 3 heteroatoms. The van der Waals surface area contributed by atoms with E-state index in [-0.39, 0.29) is 0 Å². The van der Waals surface area contributed by atoms with Gasteiger partial charge >= 0.3 is 0 Å². The zero-order valence-electron chi connectivity index (χ0n) is 10.7. The van der Waals surface area contributed by atoms with Crippen LogP contribution < -0.4 is 5.32 Å². The van der Waals surface area contributed by atoms with Gasteiger partial charge in [0.05, 0.1) is 10.2 Å². The van der Waals surface area contributed by atoms with Crippen LogP contribution in [0.1, 0.15) is 30.9 Å². The van der Waals surface area contributed by atoms with Crippen LogP contribution in [0.3, 0.4) is 0 Å². The summed E-state index contributed by atoms with van der Waals surface area (Å²) in [5.41, 5.74) is 3.73. The van der Waals surface area contributed by atoms with Crippen molar-refractivity contribution in [3.63, 3.8) is 0 Å². The molecule has 0 fully saturated rings. The Hall–Kier alpha value is -1.35.